The lowest BCUT2D eigenvalue weighted by atomic mass is 10.0. The molecule has 0 aromatic carbocycles. The van der Waals surface area contributed by atoms with Crippen molar-refractivity contribution < 1.29 is 80.2 Å². The number of carbonyl (C=O) groups excluding carboxylic acids is 4. The van der Waals surface area contributed by atoms with E-state index < -0.39 is 97.5 Å². The van der Waals surface area contributed by atoms with Gasteiger partial charge in [-0.2, -0.15) is 0 Å². The first-order chi connectivity index (χ1) is 46.0. The molecule has 0 spiro atoms. The van der Waals surface area contributed by atoms with E-state index in [-0.39, 0.29) is 25.7 Å². The SMILES string of the molecule is CCCCCCCCCCCCCCCCCCC(=O)O[C@H](COC(=O)CCCCCCCCCCCCCCCC)COP(=O)(O)OC[C@@H](O)COP(=O)(O)OC[C@@H](COC(=O)CCCCCCCCCCCCCC)OC(=O)CCCCCCCCCCCCC(C)C. The molecule has 0 saturated heterocycles. The molecule has 0 fully saturated rings. The van der Waals surface area contributed by atoms with Gasteiger partial charge in [-0.3, -0.25) is 37.3 Å². The van der Waals surface area contributed by atoms with Gasteiger partial charge in [0.1, 0.15) is 19.3 Å². The molecule has 5 atom stereocenters. The lowest BCUT2D eigenvalue weighted by molar-refractivity contribution is -0.161. The van der Waals surface area contributed by atoms with E-state index in [2.05, 4.69) is 34.6 Å². The van der Waals surface area contributed by atoms with Crippen LogP contribution in [0, 0.1) is 5.92 Å². The van der Waals surface area contributed by atoms with Crippen molar-refractivity contribution in [2.45, 2.75) is 419 Å². The zero-order valence-electron chi connectivity index (χ0n) is 61.8. The van der Waals surface area contributed by atoms with Gasteiger partial charge in [0.2, 0.25) is 0 Å². The van der Waals surface area contributed by atoms with Crippen molar-refractivity contribution in [3.8, 4) is 0 Å². The van der Waals surface area contributed by atoms with Gasteiger partial charge in [-0.15, -0.1) is 0 Å². The highest BCUT2D eigenvalue weighted by molar-refractivity contribution is 7.47. The Hall–Kier alpha value is -1.94. The number of phosphoric ester groups is 2. The summed E-state index contributed by atoms with van der Waals surface area (Å²) in [5.74, 6) is -1.36. The topological polar surface area (TPSA) is 237 Å². The molecular formula is C76H148O17P2. The molecule has 0 aliphatic heterocycles. The Morgan fingerprint density at radius 1 is 0.284 bits per heavy atom. The third-order valence-corrected chi connectivity index (χ3v) is 19.7. The molecule has 0 aromatic heterocycles. The van der Waals surface area contributed by atoms with Crippen LogP contribution in [0.25, 0.3) is 0 Å². The Balaban J connectivity index is 5.26. The Kier molecular flexibility index (Phi) is 67.7. The molecule has 3 N–H and O–H groups in total. The molecule has 17 nitrogen and oxygen atoms in total. The van der Waals surface area contributed by atoms with E-state index in [9.17, 15) is 43.2 Å². The van der Waals surface area contributed by atoms with Gasteiger partial charge >= 0.3 is 39.5 Å². The van der Waals surface area contributed by atoms with Gasteiger partial charge in [0.25, 0.3) is 0 Å². The minimum Gasteiger partial charge on any atom is -0.462 e. The summed E-state index contributed by atoms with van der Waals surface area (Å²) in [6.45, 7) is 7.29. The minimum atomic E-state index is -4.96. The van der Waals surface area contributed by atoms with Crippen LogP contribution in [0.3, 0.4) is 0 Å². The van der Waals surface area contributed by atoms with Gasteiger partial charge in [0.05, 0.1) is 26.4 Å². The number of unbranched alkanes of at least 4 members (excludes halogenated alkanes) is 48. The highest BCUT2D eigenvalue weighted by Gasteiger charge is 2.30. The van der Waals surface area contributed by atoms with Gasteiger partial charge in [-0.1, -0.05) is 349 Å². The maximum atomic E-state index is 13.1. The lowest BCUT2D eigenvalue weighted by Gasteiger charge is -2.21. The van der Waals surface area contributed by atoms with Gasteiger partial charge in [-0.25, -0.2) is 9.13 Å². The highest BCUT2D eigenvalue weighted by atomic mass is 31.2. The third kappa shape index (κ3) is 70.3. The highest BCUT2D eigenvalue weighted by Crippen LogP contribution is 2.45. The number of hydrogen-bond acceptors (Lipinski definition) is 15. The lowest BCUT2D eigenvalue weighted by Crippen LogP contribution is -2.30. The molecule has 0 aliphatic rings. The predicted molar refractivity (Wildman–Crippen MR) is 386 cm³/mol. The normalized spacial score (nSPS) is 13.9. The molecular weight excluding hydrogens is 1250 g/mol. The van der Waals surface area contributed by atoms with Crippen LogP contribution in [0.1, 0.15) is 401 Å². The van der Waals surface area contributed by atoms with Crippen molar-refractivity contribution in [1.82, 2.24) is 0 Å². The van der Waals surface area contributed by atoms with E-state index in [0.29, 0.717) is 25.7 Å². The van der Waals surface area contributed by atoms with Crippen LogP contribution in [0.5, 0.6) is 0 Å². The largest absolute Gasteiger partial charge is 0.472 e. The van der Waals surface area contributed by atoms with Crippen molar-refractivity contribution in [3.05, 3.63) is 0 Å². The van der Waals surface area contributed by atoms with E-state index in [0.717, 1.165) is 95.8 Å². The number of carbonyl (C=O) groups is 4. The fourth-order valence-corrected chi connectivity index (χ4v) is 13.3. The predicted octanol–water partition coefficient (Wildman–Crippen LogP) is 22.5. The van der Waals surface area contributed by atoms with Gasteiger partial charge in [0.15, 0.2) is 12.2 Å². The number of hydrogen-bond donors (Lipinski definition) is 3. The average molecular weight is 1400 g/mol. The second kappa shape index (κ2) is 69.2. The number of phosphoric acid groups is 2. The molecule has 0 aromatic rings. The standard InChI is InChI=1S/C76H148O17P2/c1-6-9-12-15-18-21-24-27-29-30-32-35-41-46-51-56-61-75(80)92-71(65-87-74(79)60-55-50-45-40-34-31-28-25-22-19-16-13-10-7-2)67-90-94(82,83)88-63-70(77)64-89-95(84,85)91-68-72(66-86-73(78)59-54-49-44-39-33-26-23-20-17-14-11-8-3)93-76(81)62-57-52-47-42-37-36-38-43-48-53-58-69(4)5/h69-72,77H,6-68H2,1-5H3,(H,82,83)(H,84,85)/t70-,71-,72-/m1/s1. The summed E-state index contributed by atoms with van der Waals surface area (Å²) in [5.41, 5.74) is 0. The Labute approximate surface area is 581 Å². The fraction of sp³-hybridized carbons (Fsp3) is 0.947. The van der Waals surface area contributed by atoms with Crippen LogP contribution in [-0.2, 0) is 65.4 Å². The Bertz CT molecular complexity index is 1820. The van der Waals surface area contributed by atoms with E-state index >= 15 is 0 Å². The molecule has 19 heteroatoms. The van der Waals surface area contributed by atoms with Crippen LogP contribution < -0.4 is 0 Å². The first kappa shape index (κ1) is 93.1. The average Bonchev–Trinajstić information content (AvgIpc) is 1.40. The summed E-state index contributed by atoms with van der Waals surface area (Å²) < 4.78 is 68.6. The second-order valence-corrected chi connectivity index (χ2v) is 30.8. The fourth-order valence-electron chi connectivity index (χ4n) is 11.7. The van der Waals surface area contributed by atoms with Crippen molar-refractivity contribution in [2.75, 3.05) is 39.6 Å². The minimum absolute atomic E-state index is 0.107. The molecule has 564 valence electrons. The zero-order valence-corrected chi connectivity index (χ0v) is 63.6. The molecule has 0 aliphatic carbocycles. The molecule has 0 radical (unpaired) electrons. The number of esters is 4. The Morgan fingerprint density at radius 2 is 0.484 bits per heavy atom. The number of rotatable bonds is 76. The van der Waals surface area contributed by atoms with Crippen molar-refractivity contribution in [2.24, 2.45) is 5.92 Å². The Morgan fingerprint density at radius 3 is 0.716 bits per heavy atom. The molecule has 0 saturated carbocycles. The monoisotopic (exact) mass is 1400 g/mol. The first-order valence-electron chi connectivity index (χ1n) is 39.6. The summed E-state index contributed by atoms with van der Waals surface area (Å²) in [5, 5.41) is 10.6. The van der Waals surface area contributed by atoms with Gasteiger partial charge in [0, 0.05) is 25.7 Å². The number of ether oxygens (including phenoxy) is 4. The number of aliphatic hydroxyl groups excluding tert-OH is 1. The maximum absolute atomic E-state index is 13.1. The van der Waals surface area contributed by atoms with Crippen LogP contribution in [-0.4, -0.2) is 96.7 Å². The van der Waals surface area contributed by atoms with E-state index in [1.165, 1.54) is 225 Å². The molecule has 0 rings (SSSR count). The van der Waals surface area contributed by atoms with Crippen molar-refractivity contribution in [1.29, 1.82) is 0 Å². The van der Waals surface area contributed by atoms with Crippen LogP contribution in [0.4, 0.5) is 0 Å². The van der Waals surface area contributed by atoms with Crippen LogP contribution in [0.15, 0.2) is 0 Å². The van der Waals surface area contributed by atoms with Gasteiger partial charge < -0.3 is 33.8 Å². The van der Waals surface area contributed by atoms with Gasteiger partial charge in [-0.05, 0) is 31.6 Å². The molecule has 2 unspecified atom stereocenters. The second-order valence-electron chi connectivity index (χ2n) is 27.9. The molecule has 0 amide bonds. The summed E-state index contributed by atoms with van der Waals surface area (Å²) in [7, 11) is -9.91. The van der Waals surface area contributed by atoms with Crippen LogP contribution >= 0.6 is 15.6 Å². The smallest absolute Gasteiger partial charge is 0.462 e. The summed E-state index contributed by atoms with van der Waals surface area (Å²) >= 11 is 0. The quantitative estimate of drug-likeness (QED) is 0.0222. The summed E-state index contributed by atoms with van der Waals surface area (Å²) in [4.78, 5) is 72.8. The van der Waals surface area contributed by atoms with E-state index in [1.807, 2.05) is 0 Å². The van der Waals surface area contributed by atoms with Crippen molar-refractivity contribution >= 4 is 39.5 Å². The van der Waals surface area contributed by atoms with E-state index in [1.54, 1.807) is 0 Å². The zero-order chi connectivity index (χ0) is 69.8. The molecule has 0 bridgehead atoms. The summed E-state index contributed by atoms with van der Waals surface area (Å²) in [6, 6.07) is 0. The van der Waals surface area contributed by atoms with Crippen molar-refractivity contribution in [3.63, 3.8) is 0 Å². The summed E-state index contributed by atoms with van der Waals surface area (Å²) in [6.07, 6.45) is 58.1. The molecule has 95 heavy (non-hydrogen) atoms. The first-order valence-corrected chi connectivity index (χ1v) is 42.6. The molecule has 0 heterocycles. The van der Waals surface area contributed by atoms with Crippen LogP contribution in [0.2, 0.25) is 0 Å². The van der Waals surface area contributed by atoms with E-state index in [4.69, 9.17) is 37.0 Å². The maximum Gasteiger partial charge on any atom is 0.472 e. The number of aliphatic hydroxyl groups is 1. The third-order valence-electron chi connectivity index (χ3n) is 17.8.